The molecule has 8 heteroatoms. The van der Waals surface area contributed by atoms with Crippen LogP contribution in [0.4, 0.5) is 0 Å². The zero-order chi connectivity index (χ0) is 22.3. The lowest BCUT2D eigenvalue weighted by Gasteiger charge is -2.48. The van der Waals surface area contributed by atoms with Gasteiger partial charge in [0.15, 0.2) is 0 Å². The molecule has 2 aliphatic heterocycles. The number of epoxide rings is 2. The van der Waals surface area contributed by atoms with Gasteiger partial charge in [0.1, 0.15) is 33.2 Å². The van der Waals surface area contributed by atoms with Gasteiger partial charge in [0.25, 0.3) is 0 Å². The van der Waals surface area contributed by atoms with Gasteiger partial charge in [0.05, 0.1) is 25.4 Å². The summed E-state index contributed by atoms with van der Waals surface area (Å²) in [6.07, 6.45) is 0. The van der Waals surface area contributed by atoms with Gasteiger partial charge >= 0.3 is 11.9 Å². The number of carbonyl (C=O) groups excluding carboxylic acids is 2. The molecular weight excluding hydrogens is 440 g/mol. The highest BCUT2D eigenvalue weighted by Crippen LogP contribution is 3.17. The Balaban J connectivity index is 1.32. The monoisotopic (exact) mass is 464 g/mol. The first kappa shape index (κ1) is 16.5. The molecule has 2 heterocycles. The van der Waals surface area contributed by atoms with Crippen molar-refractivity contribution in [2.45, 2.75) is 33.6 Å². The maximum absolute atomic E-state index is 14.2. The maximum atomic E-state index is 14.2. The smallest absolute Gasteiger partial charge is 0.315 e. The lowest BCUT2D eigenvalue weighted by Crippen LogP contribution is -2.61. The summed E-state index contributed by atoms with van der Waals surface area (Å²) in [6, 6.07) is 0. The van der Waals surface area contributed by atoms with E-state index in [0.717, 1.165) is 0 Å². The number of hydrogen-bond donors (Lipinski definition) is 0. The second-order valence-corrected chi connectivity index (χ2v) is 14.2. The van der Waals surface area contributed by atoms with E-state index in [1.807, 2.05) is 14.2 Å². The average Bonchev–Trinajstić information content (AvgIpc) is 3.32. The molecule has 12 saturated carbocycles. The third-order valence-corrected chi connectivity index (χ3v) is 16.3. The van der Waals surface area contributed by atoms with Crippen LogP contribution in [0.15, 0.2) is 0 Å². The summed E-state index contributed by atoms with van der Waals surface area (Å²) in [7, 11) is 6.77. The standard InChI is InChI=1S/C26H24O8/c1-29-17(27)19-9-5-6-10(19)24-14-8-7-13(21(14,19)31-3)23(9)25(33-23)11(5)20(18(28)30-2)12(6)26(24,34-24)16(8)22(20,32-4)15(7)25/h5-16H,1-4H3/t5?,6?,7?,8?,9-,10+,11+,12-,13-,14-,15-,16+,19?,20?,21?,22?,23+,24-,25-,26+/m1/s1. The van der Waals surface area contributed by atoms with Crippen molar-refractivity contribution in [3.8, 4) is 0 Å². The van der Waals surface area contributed by atoms with Crippen LogP contribution in [-0.4, -0.2) is 74.0 Å². The first-order valence-corrected chi connectivity index (χ1v) is 13.1. The molecule has 4 spiro atoms. The molecule has 0 radical (unpaired) electrons. The molecular formula is C26H24O8. The van der Waals surface area contributed by atoms with E-state index in [0.29, 0.717) is 11.8 Å². The molecule has 34 heavy (non-hydrogen) atoms. The Labute approximate surface area is 194 Å². The van der Waals surface area contributed by atoms with Crippen molar-refractivity contribution < 1.29 is 38.0 Å². The summed E-state index contributed by atoms with van der Waals surface area (Å²) >= 11 is 0. The van der Waals surface area contributed by atoms with E-state index in [1.165, 1.54) is 0 Å². The topological polar surface area (TPSA) is 96.1 Å². The second kappa shape index (κ2) is 3.35. The molecule has 8 nitrogen and oxygen atoms in total. The van der Waals surface area contributed by atoms with Crippen LogP contribution in [0.25, 0.3) is 0 Å². The van der Waals surface area contributed by atoms with Crippen molar-refractivity contribution in [2.75, 3.05) is 28.4 Å². The highest BCUT2D eigenvalue weighted by atomic mass is 16.7. The van der Waals surface area contributed by atoms with Crippen molar-refractivity contribution in [1.29, 1.82) is 0 Å². The van der Waals surface area contributed by atoms with Crippen LogP contribution in [0.2, 0.25) is 0 Å². The van der Waals surface area contributed by atoms with Gasteiger partial charge in [-0.3, -0.25) is 9.59 Å². The Bertz CT molecular complexity index is 1210. The zero-order valence-electron chi connectivity index (χ0n) is 19.2. The van der Waals surface area contributed by atoms with Crippen LogP contribution in [0.5, 0.6) is 0 Å². The minimum atomic E-state index is -0.718. The summed E-state index contributed by atoms with van der Waals surface area (Å²) in [5.74, 6) is 1.87. The molecule has 20 atom stereocenters. The SMILES string of the molecule is COC(=O)C12[C@H]3C4C5[C@@H]6C7(C(=O)OC)[C@H]4[C@]48O[C@]34[C@H]3C4C9[C@H](C7(OC)[C@@H]48)[C@@]64O[C@@]4([C@H]9C31OC)[C@@H]52. The quantitative estimate of drug-likeness (QED) is 0.411. The summed E-state index contributed by atoms with van der Waals surface area (Å²) in [6.45, 7) is 0. The molecule has 12 aliphatic carbocycles. The van der Waals surface area contributed by atoms with Crippen molar-refractivity contribution >= 4 is 11.9 Å². The van der Waals surface area contributed by atoms with Gasteiger partial charge in [-0.05, 0) is 23.7 Å². The Morgan fingerprint density at radius 2 is 0.824 bits per heavy atom. The fourth-order valence-electron chi connectivity index (χ4n) is 18.3. The van der Waals surface area contributed by atoms with Gasteiger partial charge in [-0.2, -0.15) is 0 Å². The fourth-order valence-corrected chi connectivity index (χ4v) is 18.3. The van der Waals surface area contributed by atoms with E-state index < -0.39 is 22.0 Å². The minimum absolute atomic E-state index is 0.0495. The highest BCUT2D eigenvalue weighted by Gasteiger charge is 3.28. The highest BCUT2D eigenvalue weighted by molar-refractivity contribution is 5.94. The van der Waals surface area contributed by atoms with E-state index >= 15 is 0 Å². The van der Waals surface area contributed by atoms with E-state index in [4.69, 9.17) is 28.4 Å². The van der Waals surface area contributed by atoms with E-state index in [1.54, 1.807) is 14.2 Å². The summed E-state index contributed by atoms with van der Waals surface area (Å²) in [4.78, 5) is 28.5. The van der Waals surface area contributed by atoms with Gasteiger partial charge in [-0.1, -0.05) is 0 Å². The molecule has 14 fully saturated rings. The number of esters is 2. The first-order valence-electron chi connectivity index (χ1n) is 13.1. The Kier molecular flexibility index (Phi) is 1.63. The third kappa shape index (κ3) is 0.677. The van der Waals surface area contributed by atoms with Crippen molar-refractivity contribution in [2.24, 2.45) is 81.8 Å². The van der Waals surface area contributed by atoms with Crippen molar-refractivity contribution in [1.82, 2.24) is 0 Å². The number of ether oxygens (including phenoxy) is 6. The summed E-state index contributed by atoms with van der Waals surface area (Å²) < 4.78 is 39.4. The minimum Gasteiger partial charge on any atom is -0.468 e. The van der Waals surface area contributed by atoms with Gasteiger partial charge in [0.2, 0.25) is 0 Å². The molecule has 2 saturated heterocycles. The number of hydrogen-bond acceptors (Lipinski definition) is 8. The number of rotatable bonds is 4. The van der Waals surface area contributed by atoms with Crippen molar-refractivity contribution in [3.05, 3.63) is 0 Å². The van der Waals surface area contributed by atoms with Crippen molar-refractivity contribution in [3.63, 3.8) is 0 Å². The van der Waals surface area contributed by atoms with Crippen LogP contribution >= 0.6 is 0 Å². The van der Waals surface area contributed by atoms with Crippen LogP contribution in [0, 0.1) is 81.8 Å². The second-order valence-electron chi connectivity index (χ2n) is 14.2. The Morgan fingerprint density at radius 1 is 0.529 bits per heavy atom. The van der Waals surface area contributed by atoms with Gasteiger partial charge in [-0.15, -0.1) is 0 Å². The maximum Gasteiger partial charge on any atom is 0.315 e. The van der Waals surface area contributed by atoms with E-state index in [9.17, 15) is 9.59 Å². The number of methoxy groups -OCH3 is 4. The largest absolute Gasteiger partial charge is 0.468 e. The summed E-state index contributed by atoms with van der Waals surface area (Å²) in [5, 5.41) is 0. The predicted molar refractivity (Wildman–Crippen MR) is 103 cm³/mol. The van der Waals surface area contributed by atoms with Gasteiger partial charge in [-0.25, -0.2) is 0 Å². The van der Waals surface area contributed by atoms with Gasteiger partial charge < -0.3 is 28.4 Å². The predicted octanol–water partition coefficient (Wildman–Crippen LogP) is -0.365. The lowest BCUT2D eigenvalue weighted by molar-refractivity contribution is -0.201. The average molecular weight is 464 g/mol. The normalized spacial score (nSPS) is 87.4. The van der Waals surface area contributed by atoms with Gasteiger partial charge in [0, 0.05) is 61.6 Å². The molecule has 0 N–H and O–H groups in total. The zero-order valence-corrected chi connectivity index (χ0v) is 19.2. The molecule has 0 bridgehead atoms. The van der Waals surface area contributed by atoms with Crippen LogP contribution in [-0.2, 0) is 38.0 Å². The van der Waals surface area contributed by atoms with E-state index in [2.05, 4.69) is 0 Å². The van der Waals surface area contributed by atoms with Crippen LogP contribution in [0.3, 0.4) is 0 Å². The molecule has 14 aliphatic rings. The van der Waals surface area contributed by atoms with Crippen LogP contribution in [0.1, 0.15) is 0 Å². The molecule has 176 valence electrons. The third-order valence-electron chi connectivity index (χ3n) is 16.3. The molecule has 0 aromatic heterocycles. The molecule has 8 unspecified atom stereocenters. The first-order chi connectivity index (χ1) is 16.5. The Hall–Kier alpha value is -1.22. The lowest BCUT2D eigenvalue weighted by atomic mass is 9.59. The van der Waals surface area contributed by atoms with Crippen LogP contribution < -0.4 is 0 Å². The number of carbonyl (C=O) groups is 2. The fraction of sp³-hybridized carbons (Fsp3) is 0.923. The molecule has 0 amide bonds. The molecule has 0 aromatic rings. The molecule has 14 rings (SSSR count). The Morgan fingerprint density at radius 3 is 1.09 bits per heavy atom. The van der Waals surface area contributed by atoms with E-state index in [-0.39, 0.29) is 93.5 Å². The summed E-state index contributed by atoms with van der Waals surface area (Å²) in [5.41, 5.74) is -4.13. The molecule has 0 aromatic carbocycles.